The van der Waals surface area contributed by atoms with Crippen LogP contribution in [0.3, 0.4) is 0 Å². The van der Waals surface area contributed by atoms with E-state index in [1.54, 1.807) is 28.6 Å². The number of nitrogens with zero attached hydrogens (tertiary/aromatic N) is 1. The Labute approximate surface area is 135 Å². The first kappa shape index (κ1) is 16.9. The highest BCUT2D eigenvalue weighted by Gasteiger charge is 2.25. The molecule has 0 unspecified atom stereocenters. The van der Waals surface area contributed by atoms with Crippen LogP contribution in [0.15, 0.2) is 29.2 Å². The van der Waals surface area contributed by atoms with Gasteiger partial charge in [0.25, 0.3) is 0 Å². The summed E-state index contributed by atoms with van der Waals surface area (Å²) >= 11 is 7.39. The SMILES string of the molecule is O=S(=O)(c1ccc(OCCCCl)cc1)N1CCCSCC1. The quantitative estimate of drug-likeness (QED) is 0.585. The maximum absolute atomic E-state index is 12.6. The number of benzene rings is 1. The second-order valence-corrected chi connectivity index (χ2v) is 8.27. The van der Waals surface area contributed by atoms with E-state index in [1.165, 1.54) is 0 Å². The molecular formula is C14H20ClNO3S2. The van der Waals surface area contributed by atoms with E-state index < -0.39 is 10.0 Å². The van der Waals surface area contributed by atoms with E-state index in [0.717, 1.165) is 24.3 Å². The fourth-order valence-electron chi connectivity index (χ4n) is 2.07. The van der Waals surface area contributed by atoms with Crippen molar-refractivity contribution in [2.75, 3.05) is 37.1 Å². The molecule has 1 aliphatic rings. The molecule has 0 spiro atoms. The Bertz CT molecular complexity index is 526. The lowest BCUT2D eigenvalue weighted by molar-refractivity contribution is 0.318. The molecule has 7 heteroatoms. The summed E-state index contributed by atoms with van der Waals surface area (Å²) in [5.74, 6) is 3.11. The minimum absolute atomic E-state index is 0.332. The lowest BCUT2D eigenvalue weighted by atomic mass is 10.3. The van der Waals surface area contributed by atoms with Crippen molar-refractivity contribution in [3.8, 4) is 5.75 Å². The summed E-state index contributed by atoms with van der Waals surface area (Å²) < 4.78 is 32.2. The second kappa shape index (κ2) is 8.27. The van der Waals surface area contributed by atoms with Crippen molar-refractivity contribution in [2.24, 2.45) is 0 Å². The van der Waals surface area contributed by atoms with Gasteiger partial charge in [-0.05, 0) is 42.9 Å². The van der Waals surface area contributed by atoms with Gasteiger partial charge in [0.05, 0.1) is 11.5 Å². The summed E-state index contributed by atoms with van der Waals surface area (Å²) in [6.07, 6.45) is 1.68. The van der Waals surface area contributed by atoms with E-state index in [9.17, 15) is 8.42 Å². The molecule has 0 aromatic heterocycles. The largest absolute Gasteiger partial charge is 0.494 e. The summed E-state index contributed by atoms with van der Waals surface area (Å²) in [6.45, 7) is 1.73. The van der Waals surface area contributed by atoms with Crippen molar-refractivity contribution in [2.45, 2.75) is 17.7 Å². The molecule has 118 valence electrons. The van der Waals surface area contributed by atoms with E-state index >= 15 is 0 Å². The van der Waals surface area contributed by atoms with E-state index in [1.807, 2.05) is 11.8 Å². The molecule has 2 rings (SSSR count). The third kappa shape index (κ3) is 4.77. The Morgan fingerprint density at radius 3 is 2.67 bits per heavy atom. The van der Waals surface area contributed by atoms with Crippen LogP contribution >= 0.6 is 23.4 Å². The van der Waals surface area contributed by atoms with Gasteiger partial charge in [0.1, 0.15) is 5.75 Å². The zero-order chi connectivity index (χ0) is 15.1. The number of thioether (sulfide) groups is 1. The van der Waals surface area contributed by atoms with Crippen molar-refractivity contribution in [3.63, 3.8) is 0 Å². The maximum Gasteiger partial charge on any atom is 0.243 e. The monoisotopic (exact) mass is 349 g/mol. The number of alkyl halides is 1. The zero-order valence-corrected chi connectivity index (χ0v) is 14.2. The first-order valence-corrected chi connectivity index (χ1v) is 10.1. The minimum atomic E-state index is -3.38. The molecule has 1 fully saturated rings. The third-order valence-electron chi connectivity index (χ3n) is 3.19. The first-order chi connectivity index (χ1) is 10.1. The molecule has 1 saturated heterocycles. The van der Waals surface area contributed by atoms with Crippen LogP contribution in [0.2, 0.25) is 0 Å². The fourth-order valence-corrected chi connectivity index (χ4v) is 4.66. The smallest absolute Gasteiger partial charge is 0.243 e. The van der Waals surface area contributed by atoms with Gasteiger partial charge in [0, 0.05) is 24.7 Å². The van der Waals surface area contributed by atoms with Crippen LogP contribution in [0, 0.1) is 0 Å². The minimum Gasteiger partial charge on any atom is -0.494 e. The Kier molecular flexibility index (Phi) is 6.67. The number of hydrogen-bond acceptors (Lipinski definition) is 4. The van der Waals surface area contributed by atoms with E-state index in [-0.39, 0.29) is 0 Å². The molecule has 1 heterocycles. The highest BCUT2D eigenvalue weighted by molar-refractivity contribution is 7.99. The van der Waals surface area contributed by atoms with Crippen LogP contribution in [0.25, 0.3) is 0 Å². The van der Waals surface area contributed by atoms with Gasteiger partial charge in [-0.15, -0.1) is 11.6 Å². The predicted octanol–water partition coefficient (Wildman–Crippen LogP) is 2.82. The Morgan fingerprint density at radius 2 is 1.95 bits per heavy atom. The van der Waals surface area contributed by atoms with Crippen molar-refractivity contribution in [1.29, 1.82) is 0 Å². The molecule has 0 radical (unpaired) electrons. The van der Waals surface area contributed by atoms with Crippen LogP contribution in [0.4, 0.5) is 0 Å². The Balaban J connectivity index is 2.05. The average Bonchev–Trinajstić information content (AvgIpc) is 2.78. The fraction of sp³-hybridized carbons (Fsp3) is 0.571. The average molecular weight is 350 g/mol. The summed E-state index contributed by atoms with van der Waals surface area (Å²) in [6, 6.07) is 6.63. The third-order valence-corrected chi connectivity index (χ3v) is 6.42. The highest BCUT2D eigenvalue weighted by atomic mass is 35.5. The summed E-state index contributed by atoms with van der Waals surface area (Å²) in [4.78, 5) is 0.332. The number of halogens is 1. The van der Waals surface area contributed by atoms with Gasteiger partial charge >= 0.3 is 0 Å². The summed E-state index contributed by atoms with van der Waals surface area (Å²) in [5, 5.41) is 0. The van der Waals surface area contributed by atoms with Crippen LogP contribution in [0.5, 0.6) is 5.75 Å². The molecule has 0 bridgehead atoms. The predicted molar refractivity (Wildman–Crippen MR) is 88.0 cm³/mol. The van der Waals surface area contributed by atoms with Gasteiger partial charge in [-0.2, -0.15) is 16.1 Å². The Hall–Kier alpha value is -0.430. The highest BCUT2D eigenvalue weighted by Crippen LogP contribution is 2.22. The van der Waals surface area contributed by atoms with Crippen molar-refractivity contribution >= 4 is 33.4 Å². The van der Waals surface area contributed by atoms with E-state index in [0.29, 0.717) is 36.2 Å². The van der Waals surface area contributed by atoms with Crippen molar-refractivity contribution in [1.82, 2.24) is 4.31 Å². The van der Waals surface area contributed by atoms with Gasteiger partial charge in [-0.25, -0.2) is 8.42 Å². The standard InChI is InChI=1S/C14H20ClNO3S2/c15-7-1-10-19-13-3-5-14(6-4-13)21(17,18)16-8-2-11-20-12-9-16/h3-6H,1-2,7-12H2. The Morgan fingerprint density at radius 1 is 1.19 bits per heavy atom. The lowest BCUT2D eigenvalue weighted by Gasteiger charge is -2.19. The van der Waals surface area contributed by atoms with Gasteiger partial charge in [-0.3, -0.25) is 0 Å². The molecule has 1 aromatic carbocycles. The van der Waals surface area contributed by atoms with Gasteiger partial charge < -0.3 is 4.74 Å². The van der Waals surface area contributed by atoms with E-state index in [2.05, 4.69) is 0 Å². The first-order valence-electron chi connectivity index (χ1n) is 7.01. The molecule has 4 nitrogen and oxygen atoms in total. The van der Waals surface area contributed by atoms with Crippen LogP contribution in [-0.2, 0) is 10.0 Å². The molecule has 0 atom stereocenters. The topological polar surface area (TPSA) is 46.6 Å². The van der Waals surface area contributed by atoms with Crippen molar-refractivity contribution < 1.29 is 13.2 Å². The van der Waals surface area contributed by atoms with Crippen LogP contribution in [-0.4, -0.2) is 49.8 Å². The maximum atomic E-state index is 12.6. The zero-order valence-electron chi connectivity index (χ0n) is 11.8. The summed E-state index contributed by atoms with van der Waals surface area (Å²) in [7, 11) is -3.38. The number of rotatable bonds is 6. The molecule has 0 amide bonds. The second-order valence-electron chi connectivity index (χ2n) is 4.73. The number of hydrogen-bond donors (Lipinski definition) is 0. The molecule has 0 saturated carbocycles. The molecule has 1 aliphatic heterocycles. The molecule has 1 aromatic rings. The van der Waals surface area contributed by atoms with Gasteiger partial charge in [0.15, 0.2) is 0 Å². The molecular weight excluding hydrogens is 330 g/mol. The van der Waals surface area contributed by atoms with Crippen molar-refractivity contribution in [3.05, 3.63) is 24.3 Å². The normalized spacial score (nSPS) is 17.4. The molecule has 21 heavy (non-hydrogen) atoms. The van der Waals surface area contributed by atoms with Gasteiger partial charge in [0.2, 0.25) is 10.0 Å². The number of ether oxygens (including phenoxy) is 1. The molecule has 0 aliphatic carbocycles. The van der Waals surface area contributed by atoms with Crippen LogP contribution in [0.1, 0.15) is 12.8 Å². The summed E-state index contributed by atoms with van der Waals surface area (Å²) in [5.41, 5.74) is 0. The lowest BCUT2D eigenvalue weighted by Crippen LogP contribution is -2.32. The van der Waals surface area contributed by atoms with E-state index in [4.69, 9.17) is 16.3 Å². The molecule has 0 N–H and O–H groups in total. The van der Waals surface area contributed by atoms with Crippen LogP contribution < -0.4 is 4.74 Å². The van der Waals surface area contributed by atoms with Gasteiger partial charge in [-0.1, -0.05) is 0 Å². The number of sulfonamides is 1.